The molecule has 0 amide bonds. The van der Waals surface area contributed by atoms with Crippen LogP contribution in [0, 0.1) is 0 Å². The van der Waals surface area contributed by atoms with Crippen molar-refractivity contribution in [1.82, 2.24) is 0 Å². The summed E-state index contributed by atoms with van der Waals surface area (Å²) in [4.78, 5) is 38.1. The highest BCUT2D eigenvalue weighted by Gasteiger charge is 2.19. The highest BCUT2D eigenvalue weighted by Crippen LogP contribution is 2.13. The van der Waals surface area contributed by atoms with Crippen molar-refractivity contribution >= 4 is 17.9 Å². The number of ether oxygens (including phenoxy) is 3. The second-order valence-electron chi connectivity index (χ2n) is 19.3. The van der Waals surface area contributed by atoms with Gasteiger partial charge in [0.05, 0.1) is 0 Å². The quantitative estimate of drug-likeness (QED) is 0.0199. The topological polar surface area (TPSA) is 78.9 Å². The Balaban J connectivity index is 4.53. The fourth-order valence-corrected chi connectivity index (χ4v) is 7.97. The Bertz CT molecular complexity index is 1330. The molecule has 1 atom stereocenters. The van der Waals surface area contributed by atoms with Crippen LogP contribution in [0.3, 0.4) is 0 Å². The van der Waals surface area contributed by atoms with Gasteiger partial charge in [0, 0.05) is 19.3 Å². The lowest BCUT2D eigenvalue weighted by Gasteiger charge is -2.18. The molecule has 0 aliphatic heterocycles. The molecule has 0 bridgehead atoms. The molecule has 0 spiro atoms. The van der Waals surface area contributed by atoms with Crippen molar-refractivity contribution in [2.45, 2.75) is 284 Å². The molecule has 0 rings (SSSR count). The van der Waals surface area contributed by atoms with Crippen LogP contribution in [0.25, 0.3) is 0 Å². The maximum atomic E-state index is 12.8. The van der Waals surface area contributed by atoms with E-state index in [1.807, 2.05) is 0 Å². The van der Waals surface area contributed by atoms with E-state index in [0.29, 0.717) is 19.3 Å². The molecule has 0 saturated heterocycles. The fraction of sp³-hybridized carbons (Fsp3) is 0.730. The van der Waals surface area contributed by atoms with Gasteiger partial charge in [0.15, 0.2) is 6.10 Å². The molecule has 0 aromatic heterocycles. The first kappa shape index (κ1) is 65.6. The van der Waals surface area contributed by atoms with Gasteiger partial charge in [-0.2, -0.15) is 0 Å². The highest BCUT2D eigenvalue weighted by molar-refractivity contribution is 5.71. The Kier molecular flexibility index (Phi) is 54.3. The number of hydrogen-bond donors (Lipinski definition) is 0. The minimum Gasteiger partial charge on any atom is -0.462 e. The standard InChI is InChI=1S/C63H108O6/c1-4-7-10-13-16-19-22-25-28-31-33-35-38-41-44-47-50-53-56-62(65)68-59-60(58-67-61(64)55-52-49-46-43-40-37-34-30-27-24-21-18-15-12-9-6-3)69-63(66)57-54-51-48-45-42-39-36-32-29-26-23-20-17-14-11-8-5-2/h26,28-31,33-37,39-40,45,48,60H,4-25,27,32,38,41-44,46-47,49-59H2,1-3H3/b29-26-,31-28-,34-30-,35-33-,39-36-,40-37-,48-45-. The molecule has 0 heterocycles. The third-order valence-corrected chi connectivity index (χ3v) is 12.4. The van der Waals surface area contributed by atoms with Gasteiger partial charge in [0.2, 0.25) is 0 Å². The maximum Gasteiger partial charge on any atom is 0.306 e. The first-order valence-electron chi connectivity index (χ1n) is 29.1. The predicted molar refractivity (Wildman–Crippen MR) is 297 cm³/mol. The summed E-state index contributed by atoms with van der Waals surface area (Å²) in [6.07, 6.45) is 74.4. The lowest BCUT2D eigenvalue weighted by molar-refractivity contribution is -0.167. The molecule has 0 aliphatic carbocycles. The van der Waals surface area contributed by atoms with Crippen LogP contribution < -0.4 is 0 Å². The Morgan fingerprint density at radius 2 is 0.580 bits per heavy atom. The lowest BCUT2D eigenvalue weighted by Crippen LogP contribution is -2.30. The van der Waals surface area contributed by atoms with Crippen LogP contribution in [-0.4, -0.2) is 37.2 Å². The zero-order valence-electron chi connectivity index (χ0n) is 45.3. The summed E-state index contributed by atoms with van der Waals surface area (Å²) >= 11 is 0. The van der Waals surface area contributed by atoms with Crippen molar-refractivity contribution in [3.8, 4) is 0 Å². The van der Waals surface area contributed by atoms with E-state index in [4.69, 9.17) is 14.2 Å². The number of rotatable bonds is 52. The summed E-state index contributed by atoms with van der Waals surface area (Å²) in [5.74, 6) is -1.00. The summed E-state index contributed by atoms with van der Waals surface area (Å²) < 4.78 is 16.8. The molecule has 6 heteroatoms. The van der Waals surface area contributed by atoms with E-state index in [-0.39, 0.29) is 37.5 Å². The molecule has 0 saturated carbocycles. The summed E-state index contributed by atoms with van der Waals surface area (Å²) in [6, 6.07) is 0. The minimum absolute atomic E-state index is 0.113. The number of carbonyl (C=O) groups is 3. The van der Waals surface area contributed by atoms with Crippen LogP contribution in [0.5, 0.6) is 0 Å². The lowest BCUT2D eigenvalue weighted by atomic mass is 10.1. The van der Waals surface area contributed by atoms with E-state index in [0.717, 1.165) is 89.9 Å². The molecule has 1 unspecified atom stereocenters. The summed E-state index contributed by atoms with van der Waals surface area (Å²) in [5.41, 5.74) is 0. The van der Waals surface area contributed by atoms with Crippen LogP contribution in [0.2, 0.25) is 0 Å². The zero-order valence-corrected chi connectivity index (χ0v) is 45.3. The van der Waals surface area contributed by atoms with E-state index in [9.17, 15) is 14.4 Å². The summed E-state index contributed by atoms with van der Waals surface area (Å²) in [6.45, 7) is 6.56. The van der Waals surface area contributed by atoms with Gasteiger partial charge in [0.1, 0.15) is 13.2 Å². The number of carbonyl (C=O) groups excluding carboxylic acids is 3. The van der Waals surface area contributed by atoms with Crippen LogP contribution in [0.4, 0.5) is 0 Å². The summed E-state index contributed by atoms with van der Waals surface area (Å²) in [5, 5.41) is 0. The highest BCUT2D eigenvalue weighted by atomic mass is 16.6. The predicted octanol–water partition coefficient (Wildman–Crippen LogP) is 19.5. The molecular formula is C63H108O6. The van der Waals surface area contributed by atoms with Gasteiger partial charge >= 0.3 is 17.9 Å². The molecule has 6 nitrogen and oxygen atoms in total. The normalized spacial score (nSPS) is 12.7. The van der Waals surface area contributed by atoms with Crippen molar-refractivity contribution in [3.05, 3.63) is 85.1 Å². The third kappa shape index (κ3) is 55.4. The van der Waals surface area contributed by atoms with E-state index >= 15 is 0 Å². The number of unbranched alkanes of at least 4 members (excludes halogenated alkanes) is 29. The number of hydrogen-bond acceptors (Lipinski definition) is 6. The van der Waals surface area contributed by atoms with Crippen LogP contribution >= 0.6 is 0 Å². The van der Waals surface area contributed by atoms with Crippen molar-refractivity contribution in [2.75, 3.05) is 13.2 Å². The molecular weight excluding hydrogens is 853 g/mol. The molecule has 69 heavy (non-hydrogen) atoms. The van der Waals surface area contributed by atoms with Gasteiger partial charge in [-0.05, 0) is 103 Å². The van der Waals surface area contributed by atoms with Crippen molar-refractivity contribution in [3.63, 3.8) is 0 Å². The van der Waals surface area contributed by atoms with Gasteiger partial charge < -0.3 is 14.2 Å². The molecule has 396 valence electrons. The van der Waals surface area contributed by atoms with Crippen molar-refractivity contribution < 1.29 is 28.6 Å². The Hall–Kier alpha value is -3.41. The smallest absolute Gasteiger partial charge is 0.306 e. The number of allylic oxidation sites excluding steroid dienone is 14. The Morgan fingerprint density at radius 3 is 0.957 bits per heavy atom. The molecule has 0 fully saturated rings. The van der Waals surface area contributed by atoms with Crippen LogP contribution in [0.1, 0.15) is 278 Å². The Morgan fingerprint density at radius 1 is 0.304 bits per heavy atom. The second-order valence-corrected chi connectivity index (χ2v) is 19.3. The fourth-order valence-electron chi connectivity index (χ4n) is 7.97. The second kappa shape index (κ2) is 57.2. The van der Waals surface area contributed by atoms with E-state index in [1.54, 1.807) is 0 Å². The maximum absolute atomic E-state index is 12.8. The van der Waals surface area contributed by atoms with Gasteiger partial charge in [-0.1, -0.05) is 241 Å². The average molecular weight is 962 g/mol. The number of esters is 3. The van der Waals surface area contributed by atoms with E-state index in [2.05, 4.69) is 106 Å². The SMILES string of the molecule is CCCCCCCC/C=C\C/C=C\C/C=C\CCCC(=O)OC(COC(=O)CCCCC/C=C\C=C/CCCCCCCCC)COC(=O)CCCCCCC/C=C\C=C/CCCCCCCCC. The monoisotopic (exact) mass is 961 g/mol. The molecule has 0 radical (unpaired) electrons. The van der Waals surface area contributed by atoms with Crippen LogP contribution in [0.15, 0.2) is 85.1 Å². The first-order chi connectivity index (χ1) is 34.0. The van der Waals surface area contributed by atoms with Gasteiger partial charge in [-0.25, -0.2) is 0 Å². The van der Waals surface area contributed by atoms with E-state index in [1.165, 1.54) is 141 Å². The Labute approximate surface area is 426 Å². The molecule has 0 aromatic rings. The van der Waals surface area contributed by atoms with Gasteiger partial charge in [-0.15, -0.1) is 0 Å². The first-order valence-corrected chi connectivity index (χ1v) is 29.1. The molecule has 0 N–H and O–H groups in total. The van der Waals surface area contributed by atoms with Gasteiger partial charge in [0.25, 0.3) is 0 Å². The summed E-state index contributed by atoms with van der Waals surface area (Å²) in [7, 11) is 0. The van der Waals surface area contributed by atoms with Crippen molar-refractivity contribution in [2.24, 2.45) is 0 Å². The van der Waals surface area contributed by atoms with Gasteiger partial charge in [-0.3, -0.25) is 14.4 Å². The zero-order chi connectivity index (χ0) is 50.0. The average Bonchev–Trinajstić information content (AvgIpc) is 3.35. The van der Waals surface area contributed by atoms with E-state index < -0.39 is 6.10 Å². The molecule has 0 aliphatic rings. The largest absolute Gasteiger partial charge is 0.462 e. The third-order valence-electron chi connectivity index (χ3n) is 12.4. The molecule has 0 aromatic carbocycles. The van der Waals surface area contributed by atoms with Crippen LogP contribution in [-0.2, 0) is 28.6 Å². The van der Waals surface area contributed by atoms with Crippen molar-refractivity contribution in [1.29, 1.82) is 0 Å². The minimum atomic E-state index is -0.821.